The Bertz CT molecular complexity index is 497. The minimum Gasteiger partial charge on any atom is -0.489 e. The Kier molecular flexibility index (Phi) is 5.46. The van der Waals surface area contributed by atoms with E-state index in [-0.39, 0.29) is 6.23 Å². The standard InChI is InChI=1S/C15H24O6Si/c1-6-15(2)20-10-12-9-13(7-8-14(12)21-15)19-11-22(16-3,17-4)18-5/h7-9H,6,10-11H2,1-5H3. The molecule has 1 aromatic rings. The molecule has 6 nitrogen and oxygen atoms in total. The van der Waals surface area contributed by atoms with Crippen LogP contribution in [0, 0.1) is 0 Å². The highest BCUT2D eigenvalue weighted by Crippen LogP contribution is 2.35. The predicted octanol–water partition coefficient (Wildman–Crippen LogP) is 2.52. The van der Waals surface area contributed by atoms with Crippen LogP contribution < -0.4 is 9.47 Å². The molecule has 1 aliphatic rings. The number of ether oxygens (including phenoxy) is 3. The Hall–Kier alpha value is -1.12. The van der Waals surface area contributed by atoms with Gasteiger partial charge in [0, 0.05) is 40.2 Å². The topological polar surface area (TPSA) is 55.4 Å². The van der Waals surface area contributed by atoms with Gasteiger partial charge in [-0.15, -0.1) is 0 Å². The number of hydrogen-bond acceptors (Lipinski definition) is 6. The monoisotopic (exact) mass is 328 g/mol. The summed E-state index contributed by atoms with van der Waals surface area (Å²) in [6, 6.07) is 5.67. The van der Waals surface area contributed by atoms with Crippen molar-refractivity contribution in [2.75, 3.05) is 27.6 Å². The lowest BCUT2D eigenvalue weighted by atomic mass is 10.1. The fourth-order valence-electron chi connectivity index (χ4n) is 2.12. The van der Waals surface area contributed by atoms with E-state index in [9.17, 15) is 0 Å². The Morgan fingerprint density at radius 1 is 1.18 bits per heavy atom. The minimum atomic E-state index is -2.75. The summed E-state index contributed by atoms with van der Waals surface area (Å²) in [5.74, 6) is 0.977. The molecule has 1 heterocycles. The van der Waals surface area contributed by atoms with Crippen LogP contribution in [0.3, 0.4) is 0 Å². The van der Waals surface area contributed by atoms with Crippen molar-refractivity contribution in [1.29, 1.82) is 0 Å². The minimum absolute atomic E-state index is 0.240. The van der Waals surface area contributed by atoms with Gasteiger partial charge < -0.3 is 27.5 Å². The van der Waals surface area contributed by atoms with Crippen LogP contribution in [0.2, 0.25) is 0 Å². The molecule has 1 aromatic carbocycles. The van der Waals surface area contributed by atoms with E-state index in [1.807, 2.05) is 32.0 Å². The third kappa shape index (κ3) is 3.61. The van der Waals surface area contributed by atoms with E-state index in [4.69, 9.17) is 27.5 Å². The predicted molar refractivity (Wildman–Crippen MR) is 82.8 cm³/mol. The van der Waals surface area contributed by atoms with E-state index >= 15 is 0 Å². The van der Waals surface area contributed by atoms with Crippen molar-refractivity contribution in [1.82, 2.24) is 0 Å². The second kappa shape index (κ2) is 6.97. The van der Waals surface area contributed by atoms with Crippen molar-refractivity contribution in [3.05, 3.63) is 23.8 Å². The molecule has 0 saturated heterocycles. The summed E-state index contributed by atoms with van der Waals surface area (Å²) in [7, 11) is 1.93. The van der Waals surface area contributed by atoms with Gasteiger partial charge in [0.05, 0.1) is 6.61 Å². The maximum absolute atomic E-state index is 5.89. The van der Waals surface area contributed by atoms with Crippen molar-refractivity contribution in [2.24, 2.45) is 0 Å². The molecule has 1 unspecified atom stereocenters. The first-order valence-electron chi connectivity index (χ1n) is 7.24. The van der Waals surface area contributed by atoms with Gasteiger partial charge in [-0.25, -0.2) is 0 Å². The molecule has 7 heteroatoms. The zero-order valence-electron chi connectivity index (χ0n) is 13.8. The lowest BCUT2D eigenvalue weighted by Crippen LogP contribution is -2.49. The fourth-order valence-corrected chi connectivity index (χ4v) is 3.32. The smallest absolute Gasteiger partial charge is 0.489 e. The summed E-state index contributed by atoms with van der Waals surface area (Å²) in [6.07, 6.45) is 1.03. The summed E-state index contributed by atoms with van der Waals surface area (Å²) in [5.41, 5.74) is 0.961. The molecule has 0 spiro atoms. The number of rotatable bonds is 7. The van der Waals surface area contributed by atoms with Gasteiger partial charge >= 0.3 is 8.80 Å². The van der Waals surface area contributed by atoms with Gasteiger partial charge in [-0.3, -0.25) is 0 Å². The van der Waals surface area contributed by atoms with Crippen molar-refractivity contribution in [3.63, 3.8) is 0 Å². The summed E-state index contributed by atoms with van der Waals surface area (Å²) < 4.78 is 33.4. The molecule has 0 bridgehead atoms. The van der Waals surface area contributed by atoms with Crippen LogP contribution >= 0.6 is 0 Å². The van der Waals surface area contributed by atoms with E-state index in [1.165, 1.54) is 0 Å². The third-order valence-electron chi connectivity index (χ3n) is 3.88. The van der Waals surface area contributed by atoms with Crippen molar-refractivity contribution in [3.8, 4) is 11.5 Å². The Balaban J connectivity index is 2.07. The van der Waals surface area contributed by atoms with Crippen LogP contribution in [0.5, 0.6) is 11.5 Å². The van der Waals surface area contributed by atoms with Gasteiger partial charge in [-0.1, -0.05) is 6.92 Å². The molecular weight excluding hydrogens is 304 g/mol. The lowest BCUT2D eigenvalue weighted by molar-refractivity contribution is -0.194. The third-order valence-corrected chi connectivity index (χ3v) is 6.25. The molecule has 1 atom stereocenters. The van der Waals surface area contributed by atoms with Crippen molar-refractivity contribution < 1.29 is 27.5 Å². The Labute approximate surface area is 132 Å². The summed E-state index contributed by atoms with van der Waals surface area (Å²) >= 11 is 0. The van der Waals surface area contributed by atoms with Crippen LogP contribution in [0.15, 0.2) is 18.2 Å². The summed E-state index contributed by atoms with van der Waals surface area (Å²) in [4.78, 5) is 0. The average molecular weight is 328 g/mol. The maximum Gasteiger partial charge on any atom is 0.539 e. The zero-order valence-corrected chi connectivity index (χ0v) is 14.8. The van der Waals surface area contributed by atoms with Gasteiger partial charge in [-0.05, 0) is 18.2 Å². The largest absolute Gasteiger partial charge is 0.539 e. The van der Waals surface area contributed by atoms with Gasteiger partial charge in [0.15, 0.2) is 6.23 Å². The second-order valence-corrected chi connectivity index (χ2v) is 8.11. The molecule has 0 radical (unpaired) electrons. The van der Waals surface area contributed by atoms with Crippen LogP contribution in [-0.2, 0) is 24.6 Å². The SMILES string of the molecule is CCC1(C)OCc2cc(OC[Si](OC)(OC)OC)ccc2O1. The van der Waals surface area contributed by atoms with E-state index in [0.29, 0.717) is 12.4 Å². The molecule has 0 fully saturated rings. The van der Waals surface area contributed by atoms with Crippen molar-refractivity contribution >= 4 is 8.80 Å². The molecule has 0 aliphatic carbocycles. The highest BCUT2D eigenvalue weighted by atomic mass is 28.4. The second-order valence-electron chi connectivity index (χ2n) is 5.23. The molecular formula is C15H24O6Si. The Morgan fingerprint density at radius 3 is 2.45 bits per heavy atom. The zero-order chi connectivity index (χ0) is 16.2. The molecule has 0 amide bonds. The van der Waals surface area contributed by atoms with E-state index < -0.39 is 14.6 Å². The number of benzene rings is 1. The van der Waals surface area contributed by atoms with E-state index in [0.717, 1.165) is 17.7 Å². The van der Waals surface area contributed by atoms with Gasteiger partial charge in [0.25, 0.3) is 0 Å². The maximum atomic E-state index is 5.89. The molecule has 0 aromatic heterocycles. The molecule has 1 aliphatic heterocycles. The molecule has 0 N–H and O–H groups in total. The molecule has 0 saturated carbocycles. The normalized spacial score (nSPS) is 21.1. The van der Waals surface area contributed by atoms with Gasteiger partial charge in [-0.2, -0.15) is 0 Å². The molecule has 124 valence electrons. The fraction of sp³-hybridized carbons (Fsp3) is 0.600. The highest BCUT2D eigenvalue weighted by molar-refractivity contribution is 6.60. The molecule has 22 heavy (non-hydrogen) atoms. The number of hydrogen-bond donors (Lipinski definition) is 0. The number of fused-ring (bicyclic) bond motifs is 1. The van der Waals surface area contributed by atoms with Gasteiger partial charge in [0.2, 0.25) is 5.79 Å². The van der Waals surface area contributed by atoms with Gasteiger partial charge in [0.1, 0.15) is 11.5 Å². The first kappa shape index (κ1) is 17.2. The van der Waals surface area contributed by atoms with Crippen LogP contribution in [0.1, 0.15) is 25.8 Å². The first-order chi connectivity index (χ1) is 10.5. The van der Waals surface area contributed by atoms with E-state index in [1.54, 1.807) is 21.3 Å². The Morgan fingerprint density at radius 2 is 1.86 bits per heavy atom. The molecule has 2 rings (SSSR count). The summed E-state index contributed by atoms with van der Waals surface area (Å²) in [5, 5.41) is 0. The quantitative estimate of drug-likeness (QED) is 0.717. The first-order valence-corrected chi connectivity index (χ1v) is 9.17. The average Bonchev–Trinajstić information content (AvgIpc) is 2.57. The van der Waals surface area contributed by atoms with Crippen LogP contribution in [0.25, 0.3) is 0 Å². The van der Waals surface area contributed by atoms with Crippen LogP contribution in [0.4, 0.5) is 0 Å². The lowest BCUT2D eigenvalue weighted by Gasteiger charge is -2.35. The van der Waals surface area contributed by atoms with E-state index in [2.05, 4.69) is 0 Å². The summed E-state index contributed by atoms with van der Waals surface area (Å²) in [6.45, 7) is 4.47. The van der Waals surface area contributed by atoms with Crippen LogP contribution in [-0.4, -0.2) is 42.2 Å². The van der Waals surface area contributed by atoms with Crippen molar-refractivity contribution in [2.45, 2.75) is 32.7 Å². The highest BCUT2D eigenvalue weighted by Gasteiger charge is 2.39.